The van der Waals surface area contributed by atoms with Crippen LogP contribution in [0.4, 0.5) is 0 Å². The molecule has 0 rings (SSSR count). The van der Waals surface area contributed by atoms with Crippen LogP contribution in [0.25, 0.3) is 0 Å². The number of rotatable bonds is 36. The van der Waals surface area contributed by atoms with E-state index in [1.54, 1.807) is 0 Å². The molecule has 0 aromatic rings. The van der Waals surface area contributed by atoms with Crippen LogP contribution in [0.3, 0.4) is 0 Å². The molecule has 0 N–H and O–H groups in total. The van der Waals surface area contributed by atoms with Gasteiger partial charge in [0.2, 0.25) is 0 Å². The van der Waals surface area contributed by atoms with Gasteiger partial charge in [-0.2, -0.15) is 0 Å². The molecule has 0 aromatic carbocycles. The Morgan fingerprint density at radius 2 is 0.349 bits per heavy atom. The van der Waals surface area contributed by atoms with Gasteiger partial charge < -0.3 is 8.97 Å². The Bertz CT molecular complexity index is 480. The second-order valence-electron chi connectivity index (χ2n) is 16.0. The Morgan fingerprint density at radius 1 is 0.209 bits per heavy atom. The van der Waals surface area contributed by atoms with Crippen LogP contribution in [-0.4, -0.2) is 63.3 Å². The maximum atomic E-state index is 2.47. The molecule has 0 atom stereocenters. The zero-order valence-corrected chi connectivity index (χ0v) is 31.6. The van der Waals surface area contributed by atoms with Crippen molar-refractivity contribution in [3.05, 3.63) is 0 Å². The molecule has 0 aromatic heterocycles. The third kappa shape index (κ3) is 34.6. The van der Waals surface area contributed by atoms with Crippen LogP contribution in [0.1, 0.15) is 213 Å². The number of quaternary nitrogens is 2. The Labute approximate surface area is 275 Å². The van der Waals surface area contributed by atoms with E-state index in [4.69, 9.17) is 0 Å². The van der Waals surface area contributed by atoms with E-state index in [0.717, 1.165) is 0 Å². The normalized spacial score (nSPS) is 12.4. The van der Waals surface area contributed by atoms with Gasteiger partial charge in [0.1, 0.15) is 0 Å². The van der Waals surface area contributed by atoms with Crippen molar-refractivity contribution in [2.24, 2.45) is 0 Å². The Morgan fingerprint density at radius 3 is 0.535 bits per heavy atom. The van der Waals surface area contributed by atoms with Crippen molar-refractivity contribution in [1.29, 1.82) is 0 Å². The molecule has 0 radical (unpaired) electrons. The molecule has 43 heavy (non-hydrogen) atoms. The first-order chi connectivity index (χ1) is 20.8. The van der Waals surface area contributed by atoms with Crippen molar-refractivity contribution >= 4 is 0 Å². The average molecular weight is 609 g/mol. The molecular weight excluding hydrogens is 520 g/mol. The van der Waals surface area contributed by atoms with Crippen LogP contribution in [0.15, 0.2) is 0 Å². The molecule has 0 aliphatic carbocycles. The summed E-state index contributed by atoms with van der Waals surface area (Å²) in [6.45, 7) is 10.1. The van der Waals surface area contributed by atoms with Crippen LogP contribution in [0.5, 0.6) is 0 Å². The second kappa shape index (κ2) is 31.9. The summed E-state index contributed by atoms with van der Waals surface area (Å²) in [5.41, 5.74) is 0. The quantitative estimate of drug-likeness (QED) is 0.0490. The second-order valence-corrected chi connectivity index (χ2v) is 16.0. The fraction of sp³-hybridized carbons (Fsp3) is 1.00. The molecule has 260 valence electrons. The lowest BCUT2D eigenvalue weighted by atomic mass is 10.0. The lowest BCUT2D eigenvalue weighted by Crippen LogP contribution is -2.42. The first-order valence-corrected chi connectivity index (χ1v) is 20.5. The highest BCUT2D eigenvalue weighted by Gasteiger charge is 2.16. The summed E-state index contributed by atoms with van der Waals surface area (Å²) in [5, 5.41) is 0. The van der Waals surface area contributed by atoms with Crippen molar-refractivity contribution < 1.29 is 8.97 Å². The van der Waals surface area contributed by atoms with Crippen molar-refractivity contribution in [1.82, 2.24) is 0 Å². The molecule has 0 unspecified atom stereocenters. The van der Waals surface area contributed by atoms with E-state index in [1.807, 2.05) is 0 Å². The van der Waals surface area contributed by atoms with Crippen molar-refractivity contribution in [2.45, 2.75) is 213 Å². The Kier molecular flexibility index (Phi) is 31.8. The fourth-order valence-electron chi connectivity index (χ4n) is 6.95. The average Bonchev–Trinajstić information content (AvgIpc) is 2.97. The first kappa shape index (κ1) is 42.9. The monoisotopic (exact) mass is 609 g/mol. The topological polar surface area (TPSA) is 0 Å². The van der Waals surface area contributed by atoms with E-state index in [1.165, 1.54) is 234 Å². The molecular formula is C41H88N2+2. The third-order valence-electron chi connectivity index (χ3n) is 10.3. The first-order valence-electron chi connectivity index (χ1n) is 20.5. The molecule has 0 aliphatic rings. The zero-order chi connectivity index (χ0) is 31.7. The molecule has 2 heteroatoms. The molecule has 0 saturated carbocycles. The minimum atomic E-state index is 1.23. The van der Waals surface area contributed by atoms with Gasteiger partial charge in [0, 0.05) is 0 Å². The SMILES string of the molecule is CCCCCCCCCCCCCCCC[N+](C)(C)CCCCC[N+](C)(C)CCCCCCCCCCCCCCCC. The van der Waals surface area contributed by atoms with E-state index in [0.29, 0.717) is 0 Å². The lowest BCUT2D eigenvalue weighted by Gasteiger charge is -2.31. The summed E-state index contributed by atoms with van der Waals surface area (Å²) in [6.07, 6.45) is 45.1. The van der Waals surface area contributed by atoms with E-state index in [2.05, 4.69) is 42.0 Å². The maximum Gasteiger partial charge on any atom is 0.0782 e. The van der Waals surface area contributed by atoms with Gasteiger partial charge in [-0.15, -0.1) is 0 Å². The largest absolute Gasteiger partial charge is 0.328 e. The molecule has 0 saturated heterocycles. The van der Waals surface area contributed by atoms with Crippen molar-refractivity contribution in [3.63, 3.8) is 0 Å². The minimum Gasteiger partial charge on any atom is -0.328 e. The highest BCUT2D eigenvalue weighted by atomic mass is 15.3. The van der Waals surface area contributed by atoms with Crippen LogP contribution in [0, 0.1) is 0 Å². The van der Waals surface area contributed by atoms with Crippen molar-refractivity contribution in [3.8, 4) is 0 Å². The minimum absolute atomic E-state index is 1.23. The van der Waals surface area contributed by atoms with Gasteiger partial charge in [-0.25, -0.2) is 0 Å². The fourth-order valence-corrected chi connectivity index (χ4v) is 6.95. The smallest absolute Gasteiger partial charge is 0.0782 e. The zero-order valence-electron chi connectivity index (χ0n) is 31.6. The summed E-state index contributed by atoms with van der Waals surface area (Å²) in [4.78, 5) is 0. The molecule has 0 heterocycles. The van der Waals surface area contributed by atoms with E-state index < -0.39 is 0 Å². The molecule has 0 amide bonds. The predicted molar refractivity (Wildman–Crippen MR) is 198 cm³/mol. The summed E-state index contributed by atoms with van der Waals surface area (Å²) in [7, 11) is 9.88. The molecule has 0 aliphatic heterocycles. The maximum absolute atomic E-state index is 2.47. The van der Waals surface area contributed by atoms with Crippen molar-refractivity contribution in [2.75, 3.05) is 54.4 Å². The Balaban J connectivity index is 3.49. The molecule has 2 nitrogen and oxygen atoms in total. The van der Waals surface area contributed by atoms with E-state index in [9.17, 15) is 0 Å². The summed E-state index contributed by atoms with van der Waals surface area (Å²) >= 11 is 0. The van der Waals surface area contributed by atoms with Gasteiger partial charge in [-0.1, -0.05) is 168 Å². The number of hydrogen-bond donors (Lipinski definition) is 0. The highest BCUT2D eigenvalue weighted by molar-refractivity contribution is 4.52. The predicted octanol–water partition coefficient (Wildman–Crippen LogP) is 13.3. The van der Waals surface area contributed by atoms with Gasteiger partial charge in [0.25, 0.3) is 0 Å². The van der Waals surface area contributed by atoms with Gasteiger partial charge in [-0.05, 0) is 44.9 Å². The molecule has 0 spiro atoms. The van der Waals surface area contributed by atoms with Gasteiger partial charge in [-0.3, -0.25) is 0 Å². The van der Waals surface area contributed by atoms with E-state index in [-0.39, 0.29) is 0 Å². The highest BCUT2D eigenvalue weighted by Crippen LogP contribution is 2.16. The van der Waals surface area contributed by atoms with Gasteiger partial charge in [0.15, 0.2) is 0 Å². The molecule has 0 fully saturated rings. The standard InChI is InChI=1S/C41H88N2/c1-7-9-11-13-15-17-19-21-23-25-27-29-31-34-38-42(3,4)40-36-33-37-41-43(5,6)39-35-32-30-28-26-24-22-20-18-16-14-12-10-8-2/h7-41H2,1-6H3/q+2. The summed E-state index contributed by atoms with van der Waals surface area (Å²) in [5.74, 6) is 0. The van der Waals surface area contributed by atoms with Gasteiger partial charge in [0.05, 0.1) is 54.4 Å². The van der Waals surface area contributed by atoms with Gasteiger partial charge >= 0.3 is 0 Å². The molecule has 0 bridgehead atoms. The number of hydrogen-bond acceptors (Lipinski definition) is 0. The lowest BCUT2D eigenvalue weighted by molar-refractivity contribution is -0.892. The Hall–Kier alpha value is -0.0800. The summed E-state index contributed by atoms with van der Waals surface area (Å²) < 4.78 is 2.46. The number of nitrogens with zero attached hydrogens (tertiary/aromatic N) is 2. The van der Waals surface area contributed by atoms with Crippen LogP contribution in [0.2, 0.25) is 0 Å². The van der Waals surface area contributed by atoms with E-state index >= 15 is 0 Å². The third-order valence-corrected chi connectivity index (χ3v) is 10.3. The van der Waals surface area contributed by atoms with Crippen LogP contribution >= 0.6 is 0 Å². The number of unbranched alkanes of at least 4 members (excludes halogenated alkanes) is 28. The van der Waals surface area contributed by atoms with Crippen LogP contribution in [-0.2, 0) is 0 Å². The van der Waals surface area contributed by atoms with Crippen LogP contribution < -0.4 is 0 Å². The summed E-state index contributed by atoms with van der Waals surface area (Å²) in [6, 6.07) is 0.